The Morgan fingerprint density at radius 3 is 2.63 bits per heavy atom. The van der Waals surface area contributed by atoms with Gasteiger partial charge in [-0.25, -0.2) is 0 Å². The van der Waals surface area contributed by atoms with Gasteiger partial charge in [-0.1, -0.05) is 18.2 Å². The summed E-state index contributed by atoms with van der Waals surface area (Å²) in [6.07, 6.45) is 2.53. The zero-order valence-corrected chi connectivity index (χ0v) is 11.4. The number of amides is 2. The molecule has 2 rings (SSSR count). The maximum Gasteiger partial charge on any atom is 0.241 e. The number of hydrogen-bond donors (Lipinski definition) is 2. The van der Waals surface area contributed by atoms with Gasteiger partial charge in [0.1, 0.15) is 0 Å². The highest BCUT2D eigenvalue weighted by molar-refractivity contribution is 5.82. The van der Waals surface area contributed by atoms with E-state index < -0.39 is 0 Å². The van der Waals surface area contributed by atoms with E-state index in [1.807, 2.05) is 12.3 Å². The first kappa shape index (κ1) is 14.8. The van der Waals surface area contributed by atoms with Crippen LogP contribution in [0.5, 0.6) is 0 Å². The average molecular weight is 261 g/mol. The van der Waals surface area contributed by atoms with Crippen molar-refractivity contribution in [2.24, 2.45) is 0 Å². The van der Waals surface area contributed by atoms with Crippen molar-refractivity contribution in [2.75, 3.05) is 20.6 Å². The zero-order chi connectivity index (χ0) is 14.3. The first-order valence-corrected chi connectivity index (χ1v) is 5.96. The molecule has 0 saturated heterocycles. The lowest BCUT2D eigenvalue weighted by Gasteiger charge is -2.07. The van der Waals surface area contributed by atoms with Gasteiger partial charge in [0.15, 0.2) is 0 Å². The summed E-state index contributed by atoms with van der Waals surface area (Å²) in [6.45, 7) is 2.19. The van der Waals surface area contributed by atoms with Gasteiger partial charge in [-0.3, -0.25) is 9.59 Å². The van der Waals surface area contributed by atoms with Crippen molar-refractivity contribution in [1.29, 1.82) is 0 Å². The number of hydrogen-bond acceptors (Lipinski definition) is 2. The normalized spacial score (nSPS) is 9.42. The fourth-order valence-corrected chi connectivity index (χ4v) is 1.50. The quantitative estimate of drug-likeness (QED) is 0.818. The summed E-state index contributed by atoms with van der Waals surface area (Å²) >= 11 is 0. The number of fused-ring (bicyclic) bond motifs is 1. The molecule has 0 aliphatic heterocycles. The lowest BCUT2D eigenvalue weighted by atomic mass is 10.2. The number of benzene rings is 1. The van der Waals surface area contributed by atoms with Crippen LogP contribution in [0.4, 0.5) is 0 Å². The third kappa shape index (κ3) is 4.46. The number of aromatic amines is 1. The minimum Gasteiger partial charge on any atom is -0.361 e. The van der Waals surface area contributed by atoms with Crippen LogP contribution in [-0.2, 0) is 9.59 Å². The number of aryl methyl sites for hydroxylation is 1. The Morgan fingerprint density at radius 2 is 2.05 bits per heavy atom. The number of carbonyl (C=O) groups is 2. The Balaban J connectivity index is 0.000000192. The Labute approximate surface area is 112 Å². The fraction of sp³-hybridized carbons (Fsp3) is 0.286. The first-order chi connectivity index (χ1) is 9.06. The van der Waals surface area contributed by atoms with Crippen LogP contribution >= 0.6 is 0 Å². The lowest BCUT2D eigenvalue weighted by molar-refractivity contribution is -0.128. The molecule has 0 radical (unpaired) electrons. The molecular weight excluding hydrogens is 242 g/mol. The number of aromatic nitrogens is 1. The summed E-state index contributed by atoms with van der Waals surface area (Å²) in [4.78, 5) is 24.9. The Morgan fingerprint density at radius 1 is 1.37 bits per heavy atom. The largest absolute Gasteiger partial charge is 0.361 e. The second-order valence-corrected chi connectivity index (χ2v) is 4.30. The number of rotatable bonds is 3. The monoisotopic (exact) mass is 261 g/mol. The summed E-state index contributed by atoms with van der Waals surface area (Å²) in [5, 5.41) is 3.58. The van der Waals surface area contributed by atoms with Gasteiger partial charge < -0.3 is 15.2 Å². The van der Waals surface area contributed by atoms with Crippen LogP contribution in [0, 0.1) is 6.92 Å². The smallest absolute Gasteiger partial charge is 0.241 e. The summed E-state index contributed by atoms with van der Waals surface area (Å²) in [5.41, 5.74) is 2.54. The average Bonchev–Trinajstić information content (AvgIpc) is 2.79. The molecule has 0 spiro atoms. The molecule has 2 aromatic rings. The zero-order valence-electron chi connectivity index (χ0n) is 11.4. The van der Waals surface area contributed by atoms with Gasteiger partial charge in [-0.15, -0.1) is 0 Å². The molecule has 5 heteroatoms. The highest BCUT2D eigenvalue weighted by atomic mass is 16.2. The number of nitrogens with one attached hydrogen (secondary N) is 2. The van der Waals surface area contributed by atoms with Crippen LogP contribution in [0.15, 0.2) is 30.5 Å². The van der Waals surface area contributed by atoms with Gasteiger partial charge >= 0.3 is 0 Å². The van der Waals surface area contributed by atoms with Crippen LogP contribution in [-0.4, -0.2) is 42.8 Å². The van der Waals surface area contributed by atoms with Crippen LogP contribution < -0.4 is 5.32 Å². The number of nitrogens with zero attached hydrogens (tertiary/aromatic N) is 1. The van der Waals surface area contributed by atoms with Crippen molar-refractivity contribution < 1.29 is 9.59 Å². The van der Waals surface area contributed by atoms with Gasteiger partial charge in [0.2, 0.25) is 12.3 Å². The Bertz CT molecular complexity index is 546. The molecule has 5 nitrogen and oxygen atoms in total. The van der Waals surface area contributed by atoms with Gasteiger partial charge in [-0.05, 0) is 18.6 Å². The third-order valence-corrected chi connectivity index (χ3v) is 2.63. The van der Waals surface area contributed by atoms with Crippen molar-refractivity contribution >= 4 is 23.2 Å². The Hall–Kier alpha value is -2.30. The molecule has 1 aromatic heterocycles. The second-order valence-electron chi connectivity index (χ2n) is 4.30. The van der Waals surface area contributed by atoms with Crippen LogP contribution in [0.1, 0.15) is 5.56 Å². The molecule has 2 N–H and O–H groups in total. The topological polar surface area (TPSA) is 65.2 Å². The SMILES string of the molecule is CN(C)C(=O)CNC=O.Cc1c[nH]c2ccccc12. The van der Waals surface area contributed by atoms with Gasteiger partial charge in [0.25, 0.3) is 0 Å². The van der Waals surface area contributed by atoms with E-state index in [9.17, 15) is 9.59 Å². The molecule has 102 valence electrons. The van der Waals surface area contributed by atoms with Crippen molar-refractivity contribution in [3.8, 4) is 0 Å². The van der Waals surface area contributed by atoms with Crippen LogP contribution in [0.3, 0.4) is 0 Å². The number of carbonyl (C=O) groups excluding carboxylic acids is 2. The van der Waals surface area contributed by atoms with Crippen LogP contribution in [0.2, 0.25) is 0 Å². The lowest BCUT2D eigenvalue weighted by Crippen LogP contribution is -2.32. The summed E-state index contributed by atoms with van der Waals surface area (Å²) in [6, 6.07) is 8.31. The maximum absolute atomic E-state index is 10.6. The predicted octanol–water partition coefficient (Wildman–Crippen LogP) is 1.30. The predicted molar refractivity (Wildman–Crippen MR) is 75.8 cm³/mol. The number of para-hydroxylation sites is 1. The fourth-order valence-electron chi connectivity index (χ4n) is 1.50. The first-order valence-electron chi connectivity index (χ1n) is 5.96. The van der Waals surface area contributed by atoms with E-state index >= 15 is 0 Å². The molecule has 0 aliphatic carbocycles. The molecule has 0 bridgehead atoms. The molecule has 0 atom stereocenters. The second kappa shape index (κ2) is 7.20. The van der Waals surface area contributed by atoms with E-state index in [0.717, 1.165) is 0 Å². The third-order valence-electron chi connectivity index (χ3n) is 2.63. The summed E-state index contributed by atoms with van der Waals surface area (Å²) < 4.78 is 0. The van der Waals surface area contributed by atoms with E-state index in [0.29, 0.717) is 6.41 Å². The van der Waals surface area contributed by atoms with E-state index in [1.54, 1.807) is 14.1 Å². The van der Waals surface area contributed by atoms with Gasteiger partial charge in [0, 0.05) is 31.2 Å². The van der Waals surface area contributed by atoms with E-state index in [2.05, 4.69) is 35.4 Å². The minimum atomic E-state index is -0.109. The molecule has 1 aromatic carbocycles. The Kier molecular flexibility index (Phi) is 5.60. The van der Waals surface area contributed by atoms with Crippen molar-refractivity contribution in [3.63, 3.8) is 0 Å². The van der Waals surface area contributed by atoms with Crippen LogP contribution in [0.25, 0.3) is 10.9 Å². The highest BCUT2D eigenvalue weighted by Gasteiger charge is 1.99. The molecular formula is C14H19N3O2. The highest BCUT2D eigenvalue weighted by Crippen LogP contribution is 2.15. The van der Waals surface area contributed by atoms with Crippen molar-refractivity contribution in [1.82, 2.24) is 15.2 Å². The maximum atomic E-state index is 10.6. The number of H-pyrrole nitrogens is 1. The molecule has 19 heavy (non-hydrogen) atoms. The van der Waals surface area contributed by atoms with Gasteiger partial charge in [-0.2, -0.15) is 0 Å². The molecule has 0 saturated carbocycles. The summed E-state index contributed by atoms with van der Waals surface area (Å²) in [7, 11) is 3.27. The van der Waals surface area contributed by atoms with E-state index in [4.69, 9.17) is 0 Å². The molecule has 0 unspecified atom stereocenters. The molecule has 0 aliphatic rings. The summed E-state index contributed by atoms with van der Waals surface area (Å²) in [5.74, 6) is -0.109. The number of likely N-dealkylation sites (N-methyl/N-ethyl adjacent to an activating group) is 1. The standard InChI is InChI=1S/C9H9N.C5H10N2O2/c1-7-6-10-9-5-3-2-4-8(7)9;1-7(2)5(9)3-6-4-8/h2-6,10H,1H3;4H,3H2,1-2H3,(H,6,8). The van der Waals surface area contributed by atoms with Gasteiger partial charge in [0.05, 0.1) is 6.54 Å². The van der Waals surface area contributed by atoms with E-state index in [-0.39, 0.29) is 12.5 Å². The molecule has 2 amide bonds. The van der Waals surface area contributed by atoms with Crippen molar-refractivity contribution in [2.45, 2.75) is 6.92 Å². The molecule has 0 fully saturated rings. The minimum absolute atomic E-state index is 0.0799. The van der Waals surface area contributed by atoms with Crippen molar-refractivity contribution in [3.05, 3.63) is 36.0 Å². The molecule has 1 heterocycles. The van der Waals surface area contributed by atoms with E-state index in [1.165, 1.54) is 21.4 Å².